The van der Waals surface area contributed by atoms with Crippen LogP contribution in [0.2, 0.25) is 0 Å². The number of anilines is 1. The molecule has 1 aliphatic heterocycles. The van der Waals surface area contributed by atoms with Crippen LogP contribution in [0.15, 0.2) is 47.8 Å². The molecule has 1 fully saturated rings. The molecule has 0 bridgehead atoms. The van der Waals surface area contributed by atoms with Gasteiger partial charge in [0.2, 0.25) is 11.8 Å². The summed E-state index contributed by atoms with van der Waals surface area (Å²) < 4.78 is 0. The maximum Gasteiger partial charge on any atom is 0.227 e. The minimum Gasteiger partial charge on any atom is -0.340 e. The van der Waals surface area contributed by atoms with E-state index in [2.05, 4.69) is 28.5 Å². The molecule has 1 saturated heterocycles. The summed E-state index contributed by atoms with van der Waals surface area (Å²) in [5, 5.41) is 11.0. The number of benzene rings is 1. The number of thiophene rings is 1. The van der Waals surface area contributed by atoms with Gasteiger partial charge in [0.15, 0.2) is 0 Å². The molecular formula is C22H26N4O2S. The van der Waals surface area contributed by atoms with Crippen LogP contribution in [0.1, 0.15) is 24.1 Å². The molecule has 0 unspecified atom stereocenters. The van der Waals surface area contributed by atoms with Gasteiger partial charge in [0.05, 0.1) is 12.5 Å². The van der Waals surface area contributed by atoms with E-state index >= 15 is 0 Å². The summed E-state index contributed by atoms with van der Waals surface area (Å²) >= 11 is 1.76. The number of amides is 2. The monoisotopic (exact) mass is 410 g/mol. The molecule has 3 rings (SSSR count). The van der Waals surface area contributed by atoms with E-state index in [1.807, 2.05) is 35.2 Å². The third-order valence-electron chi connectivity index (χ3n) is 5.05. The fraction of sp³-hybridized carbons (Fsp3) is 0.409. The first kappa shape index (κ1) is 21.0. The first-order valence-electron chi connectivity index (χ1n) is 9.92. The van der Waals surface area contributed by atoms with Gasteiger partial charge in [0.1, 0.15) is 0 Å². The predicted molar refractivity (Wildman–Crippen MR) is 114 cm³/mol. The van der Waals surface area contributed by atoms with E-state index in [4.69, 9.17) is 5.26 Å². The second-order valence-electron chi connectivity index (χ2n) is 7.03. The Balaban J connectivity index is 1.46. The van der Waals surface area contributed by atoms with Crippen LogP contribution in [0.5, 0.6) is 0 Å². The van der Waals surface area contributed by atoms with Gasteiger partial charge < -0.3 is 9.80 Å². The van der Waals surface area contributed by atoms with E-state index in [1.54, 1.807) is 16.2 Å². The van der Waals surface area contributed by atoms with Crippen molar-refractivity contribution >= 4 is 28.8 Å². The first-order chi connectivity index (χ1) is 14.2. The van der Waals surface area contributed by atoms with Crippen LogP contribution in [0, 0.1) is 11.3 Å². The van der Waals surface area contributed by atoms with Gasteiger partial charge in [-0.3, -0.25) is 14.5 Å². The Morgan fingerprint density at radius 2 is 1.79 bits per heavy atom. The molecule has 2 heterocycles. The zero-order valence-electron chi connectivity index (χ0n) is 16.5. The maximum atomic E-state index is 12.7. The summed E-state index contributed by atoms with van der Waals surface area (Å²) in [6, 6.07) is 15.6. The highest BCUT2D eigenvalue weighted by Gasteiger charge is 2.23. The molecule has 0 atom stereocenters. The van der Waals surface area contributed by atoms with Crippen LogP contribution in [0.4, 0.5) is 5.69 Å². The second kappa shape index (κ2) is 10.7. The third-order valence-corrected chi connectivity index (χ3v) is 5.91. The van der Waals surface area contributed by atoms with Gasteiger partial charge in [-0.25, -0.2) is 0 Å². The minimum absolute atomic E-state index is 0.0300. The normalized spacial score (nSPS) is 14.4. The molecule has 6 nitrogen and oxygen atoms in total. The Kier molecular flexibility index (Phi) is 7.79. The number of rotatable bonds is 8. The van der Waals surface area contributed by atoms with Gasteiger partial charge in [-0.15, -0.1) is 11.3 Å². The van der Waals surface area contributed by atoms with Gasteiger partial charge in [0, 0.05) is 62.7 Å². The van der Waals surface area contributed by atoms with Gasteiger partial charge >= 0.3 is 0 Å². The molecule has 0 N–H and O–H groups in total. The quantitative estimate of drug-likeness (QED) is 0.671. The van der Waals surface area contributed by atoms with Crippen LogP contribution in [0.3, 0.4) is 0 Å². The smallest absolute Gasteiger partial charge is 0.227 e. The Morgan fingerprint density at radius 3 is 2.45 bits per heavy atom. The molecule has 7 heteroatoms. The largest absolute Gasteiger partial charge is 0.340 e. The van der Waals surface area contributed by atoms with Crippen molar-refractivity contribution in [1.82, 2.24) is 9.80 Å². The standard InChI is InChI=1S/C22H26N4O2S/c23-11-5-12-26(19-6-2-1-3-7-19)22(28)10-9-21(27)25-15-13-24(14-16-25)18-20-8-4-17-29-20/h1-4,6-8,17H,5,9-10,12-16,18H2. The lowest BCUT2D eigenvalue weighted by Crippen LogP contribution is -2.48. The molecule has 1 aromatic carbocycles. The zero-order chi connectivity index (χ0) is 20.5. The molecular weight excluding hydrogens is 384 g/mol. The van der Waals surface area contributed by atoms with E-state index in [0.29, 0.717) is 19.6 Å². The number of para-hydroxylation sites is 1. The van der Waals surface area contributed by atoms with E-state index < -0.39 is 0 Å². The summed E-state index contributed by atoms with van der Waals surface area (Å²) in [5.74, 6) is -0.0847. The van der Waals surface area contributed by atoms with Crippen molar-refractivity contribution in [3.63, 3.8) is 0 Å². The number of piperazine rings is 1. The van der Waals surface area contributed by atoms with Crippen molar-refractivity contribution in [2.45, 2.75) is 25.8 Å². The van der Waals surface area contributed by atoms with Crippen molar-refractivity contribution in [2.24, 2.45) is 0 Å². The van der Waals surface area contributed by atoms with E-state index in [0.717, 1.165) is 25.3 Å². The topological polar surface area (TPSA) is 67.6 Å². The summed E-state index contributed by atoms with van der Waals surface area (Å²) in [5.41, 5.74) is 0.766. The molecule has 0 spiro atoms. The van der Waals surface area contributed by atoms with Gasteiger partial charge in [-0.1, -0.05) is 24.3 Å². The highest BCUT2D eigenvalue weighted by atomic mass is 32.1. The van der Waals surface area contributed by atoms with Crippen molar-refractivity contribution in [3.05, 3.63) is 52.7 Å². The fourth-order valence-corrected chi connectivity index (χ4v) is 4.20. The Labute approximate surface area is 175 Å². The second-order valence-corrected chi connectivity index (χ2v) is 8.06. The summed E-state index contributed by atoms with van der Waals surface area (Å²) in [6.45, 7) is 4.40. The summed E-state index contributed by atoms with van der Waals surface area (Å²) in [6.07, 6.45) is 0.634. The van der Waals surface area contributed by atoms with Crippen LogP contribution >= 0.6 is 11.3 Å². The van der Waals surface area contributed by atoms with Gasteiger partial charge in [0.25, 0.3) is 0 Å². The maximum absolute atomic E-state index is 12.7. The Morgan fingerprint density at radius 1 is 1.03 bits per heavy atom. The molecule has 0 radical (unpaired) electrons. The number of carbonyl (C=O) groups excluding carboxylic acids is 2. The van der Waals surface area contributed by atoms with Crippen LogP contribution in [-0.4, -0.2) is 54.3 Å². The fourth-order valence-electron chi connectivity index (χ4n) is 3.45. The predicted octanol–water partition coefficient (Wildman–Crippen LogP) is 3.12. The van der Waals surface area contributed by atoms with Gasteiger partial charge in [-0.05, 0) is 23.6 Å². The van der Waals surface area contributed by atoms with Crippen LogP contribution < -0.4 is 4.90 Å². The van der Waals surface area contributed by atoms with E-state index in [-0.39, 0.29) is 31.1 Å². The summed E-state index contributed by atoms with van der Waals surface area (Å²) in [4.78, 5) is 32.5. The highest BCUT2D eigenvalue weighted by Crippen LogP contribution is 2.17. The van der Waals surface area contributed by atoms with Crippen molar-refractivity contribution in [3.8, 4) is 6.07 Å². The molecule has 152 valence electrons. The van der Waals surface area contributed by atoms with E-state index in [1.165, 1.54) is 4.88 Å². The van der Waals surface area contributed by atoms with Gasteiger partial charge in [-0.2, -0.15) is 5.26 Å². The number of hydrogen-bond donors (Lipinski definition) is 0. The molecule has 2 aromatic rings. The number of carbonyl (C=O) groups is 2. The van der Waals surface area contributed by atoms with Crippen molar-refractivity contribution in [1.29, 1.82) is 5.26 Å². The zero-order valence-corrected chi connectivity index (χ0v) is 17.3. The van der Waals surface area contributed by atoms with E-state index in [9.17, 15) is 9.59 Å². The molecule has 29 heavy (non-hydrogen) atoms. The first-order valence-corrected chi connectivity index (χ1v) is 10.8. The van der Waals surface area contributed by atoms with Crippen molar-refractivity contribution < 1.29 is 9.59 Å². The van der Waals surface area contributed by atoms with Crippen LogP contribution in [0.25, 0.3) is 0 Å². The number of hydrogen-bond acceptors (Lipinski definition) is 5. The highest BCUT2D eigenvalue weighted by molar-refractivity contribution is 7.09. The molecule has 2 amide bonds. The van der Waals surface area contributed by atoms with Crippen molar-refractivity contribution in [2.75, 3.05) is 37.6 Å². The molecule has 0 aliphatic carbocycles. The lowest BCUT2D eigenvalue weighted by molar-refractivity contribution is -0.134. The molecule has 0 saturated carbocycles. The third kappa shape index (κ3) is 6.14. The SMILES string of the molecule is N#CCCN(C(=O)CCC(=O)N1CCN(Cc2cccs2)CC1)c1ccccc1. The minimum atomic E-state index is -0.115. The Hall–Kier alpha value is -2.69. The summed E-state index contributed by atoms with van der Waals surface area (Å²) in [7, 11) is 0. The number of nitrogens with zero attached hydrogens (tertiary/aromatic N) is 4. The average Bonchev–Trinajstić information content (AvgIpc) is 3.26. The lowest BCUT2D eigenvalue weighted by Gasteiger charge is -2.34. The lowest BCUT2D eigenvalue weighted by atomic mass is 10.2. The molecule has 1 aliphatic rings. The average molecular weight is 411 g/mol. The Bertz CT molecular complexity index is 824. The van der Waals surface area contributed by atoms with Crippen LogP contribution in [-0.2, 0) is 16.1 Å². The number of nitriles is 1. The molecule has 1 aromatic heterocycles.